The summed E-state index contributed by atoms with van der Waals surface area (Å²) in [6, 6.07) is 5.08. The van der Waals surface area contributed by atoms with Gasteiger partial charge in [0.15, 0.2) is 0 Å². The van der Waals surface area contributed by atoms with E-state index in [2.05, 4.69) is 53.9 Å². The van der Waals surface area contributed by atoms with E-state index in [9.17, 15) is 0 Å². The van der Waals surface area contributed by atoms with Gasteiger partial charge in [-0.1, -0.05) is 19.4 Å². The molecule has 1 fully saturated rings. The molecule has 0 amide bonds. The molecule has 1 aliphatic rings. The summed E-state index contributed by atoms with van der Waals surface area (Å²) in [5.41, 5.74) is 1.40. The number of pyridine rings is 1. The van der Waals surface area contributed by atoms with Gasteiger partial charge in [0, 0.05) is 25.3 Å². The first kappa shape index (κ1) is 15.3. The van der Waals surface area contributed by atoms with Gasteiger partial charge in [0.1, 0.15) is 5.82 Å². The zero-order valence-electron chi connectivity index (χ0n) is 13.3. The van der Waals surface area contributed by atoms with Gasteiger partial charge in [-0.25, -0.2) is 4.98 Å². The highest BCUT2D eigenvalue weighted by atomic mass is 15.2. The van der Waals surface area contributed by atoms with Crippen LogP contribution in [0.2, 0.25) is 0 Å². The maximum Gasteiger partial charge on any atom is 0.128 e. The van der Waals surface area contributed by atoms with Gasteiger partial charge in [-0.05, 0) is 57.8 Å². The molecule has 3 heteroatoms. The first-order valence-electron chi connectivity index (χ1n) is 8.25. The van der Waals surface area contributed by atoms with Gasteiger partial charge in [-0.2, -0.15) is 0 Å². The van der Waals surface area contributed by atoms with Crippen LogP contribution in [0.1, 0.15) is 58.1 Å². The fraction of sp³-hybridized carbons (Fsp3) is 0.706. The summed E-state index contributed by atoms with van der Waals surface area (Å²) in [6.07, 6.45) is 7.30. The van der Waals surface area contributed by atoms with Crippen molar-refractivity contribution in [3.8, 4) is 0 Å². The molecular weight excluding hydrogens is 246 g/mol. The highest BCUT2D eigenvalue weighted by Crippen LogP contribution is 2.32. The number of likely N-dealkylation sites (tertiary alicyclic amines) is 1. The van der Waals surface area contributed by atoms with Gasteiger partial charge in [0.25, 0.3) is 0 Å². The molecule has 2 heterocycles. The maximum absolute atomic E-state index is 4.68. The molecule has 0 radical (unpaired) electrons. The second kappa shape index (κ2) is 7.63. The summed E-state index contributed by atoms with van der Waals surface area (Å²) < 4.78 is 0. The van der Waals surface area contributed by atoms with Crippen LogP contribution in [0.15, 0.2) is 18.3 Å². The molecule has 1 atom stereocenters. The zero-order valence-corrected chi connectivity index (χ0v) is 13.3. The minimum Gasteiger partial charge on any atom is -0.357 e. The summed E-state index contributed by atoms with van der Waals surface area (Å²) in [7, 11) is 0. The van der Waals surface area contributed by atoms with Crippen molar-refractivity contribution in [2.24, 2.45) is 0 Å². The Morgan fingerprint density at radius 3 is 2.65 bits per heavy atom. The second-order valence-corrected chi connectivity index (χ2v) is 5.67. The largest absolute Gasteiger partial charge is 0.357 e. The van der Waals surface area contributed by atoms with Gasteiger partial charge >= 0.3 is 0 Å². The fourth-order valence-corrected chi connectivity index (χ4v) is 3.16. The van der Waals surface area contributed by atoms with E-state index >= 15 is 0 Å². The van der Waals surface area contributed by atoms with Gasteiger partial charge < -0.3 is 4.90 Å². The second-order valence-electron chi connectivity index (χ2n) is 5.67. The average molecular weight is 275 g/mol. The standard InChI is InChI=1S/C17H29N3/c1-4-7-12-20-13-8-9-16(20)15-10-11-17(18-14-15)19(5-2)6-3/h10-11,14,16H,4-9,12-13H2,1-3H3/t16-/m0/s1. The van der Waals surface area contributed by atoms with Gasteiger partial charge in [-0.15, -0.1) is 0 Å². The molecule has 0 aliphatic carbocycles. The van der Waals surface area contributed by atoms with Crippen LogP contribution in [0.5, 0.6) is 0 Å². The van der Waals surface area contributed by atoms with E-state index in [0.717, 1.165) is 18.9 Å². The van der Waals surface area contributed by atoms with E-state index in [4.69, 9.17) is 0 Å². The summed E-state index contributed by atoms with van der Waals surface area (Å²) in [4.78, 5) is 9.61. The van der Waals surface area contributed by atoms with Crippen molar-refractivity contribution in [2.75, 3.05) is 31.1 Å². The quantitative estimate of drug-likeness (QED) is 0.753. The predicted molar refractivity (Wildman–Crippen MR) is 86.3 cm³/mol. The topological polar surface area (TPSA) is 19.4 Å². The zero-order chi connectivity index (χ0) is 14.4. The fourth-order valence-electron chi connectivity index (χ4n) is 3.16. The lowest BCUT2D eigenvalue weighted by molar-refractivity contribution is 0.253. The molecule has 0 aromatic carbocycles. The van der Waals surface area contributed by atoms with Crippen LogP contribution in [0.3, 0.4) is 0 Å². The molecule has 3 nitrogen and oxygen atoms in total. The Morgan fingerprint density at radius 1 is 1.25 bits per heavy atom. The number of rotatable bonds is 7. The van der Waals surface area contributed by atoms with Crippen molar-refractivity contribution in [2.45, 2.75) is 52.5 Å². The predicted octanol–water partition coefficient (Wildman–Crippen LogP) is 3.86. The first-order valence-corrected chi connectivity index (χ1v) is 8.25. The molecule has 1 saturated heterocycles. The lowest BCUT2D eigenvalue weighted by atomic mass is 10.1. The van der Waals surface area contributed by atoms with Crippen molar-refractivity contribution in [1.82, 2.24) is 9.88 Å². The van der Waals surface area contributed by atoms with Crippen LogP contribution in [0, 0.1) is 0 Å². The Kier molecular flexibility index (Phi) is 5.84. The van der Waals surface area contributed by atoms with Crippen LogP contribution in [-0.2, 0) is 0 Å². The van der Waals surface area contributed by atoms with Gasteiger partial charge in [0.05, 0.1) is 0 Å². The molecule has 0 unspecified atom stereocenters. The van der Waals surface area contributed by atoms with E-state index < -0.39 is 0 Å². The number of hydrogen-bond acceptors (Lipinski definition) is 3. The van der Waals surface area contributed by atoms with Gasteiger partial charge in [-0.3, -0.25) is 4.90 Å². The Hall–Kier alpha value is -1.09. The van der Waals surface area contributed by atoms with Crippen LogP contribution < -0.4 is 4.90 Å². The van der Waals surface area contributed by atoms with E-state index in [0.29, 0.717) is 6.04 Å². The highest BCUT2D eigenvalue weighted by molar-refractivity contribution is 5.39. The van der Waals surface area contributed by atoms with Crippen LogP contribution >= 0.6 is 0 Å². The van der Waals surface area contributed by atoms with Crippen LogP contribution in [0.4, 0.5) is 5.82 Å². The van der Waals surface area contributed by atoms with Crippen molar-refractivity contribution in [3.05, 3.63) is 23.9 Å². The highest BCUT2D eigenvalue weighted by Gasteiger charge is 2.25. The Balaban J connectivity index is 2.05. The number of aromatic nitrogens is 1. The molecule has 1 aromatic heterocycles. The summed E-state index contributed by atoms with van der Waals surface area (Å²) in [5, 5.41) is 0. The van der Waals surface area contributed by atoms with E-state index in [1.807, 2.05) is 0 Å². The lowest BCUT2D eigenvalue weighted by Crippen LogP contribution is -2.25. The first-order chi connectivity index (χ1) is 9.80. The molecule has 1 aliphatic heterocycles. The molecule has 1 aromatic rings. The molecule has 20 heavy (non-hydrogen) atoms. The summed E-state index contributed by atoms with van der Waals surface area (Å²) in [5.74, 6) is 1.11. The van der Waals surface area contributed by atoms with Crippen molar-refractivity contribution < 1.29 is 0 Å². The Morgan fingerprint density at radius 2 is 2.05 bits per heavy atom. The van der Waals surface area contributed by atoms with Crippen molar-refractivity contribution in [1.29, 1.82) is 0 Å². The summed E-state index contributed by atoms with van der Waals surface area (Å²) in [6.45, 7) is 11.2. The summed E-state index contributed by atoms with van der Waals surface area (Å²) >= 11 is 0. The third-order valence-corrected chi connectivity index (χ3v) is 4.41. The lowest BCUT2D eigenvalue weighted by Gasteiger charge is -2.25. The monoisotopic (exact) mass is 275 g/mol. The number of hydrogen-bond donors (Lipinski definition) is 0. The van der Waals surface area contributed by atoms with Crippen LogP contribution in [-0.4, -0.2) is 36.1 Å². The Bertz CT molecular complexity index is 384. The number of nitrogens with zero attached hydrogens (tertiary/aromatic N) is 3. The van der Waals surface area contributed by atoms with Crippen LogP contribution in [0.25, 0.3) is 0 Å². The van der Waals surface area contributed by atoms with E-state index in [1.165, 1.54) is 44.3 Å². The minimum absolute atomic E-state index is 0.597. The number of unbranched alkanes of at least 4 members (excludes halogenated alkanes) is 1. The molecule has 0 bridgehead atoms. The third kappa shape index (κ3) is 3.51. The molecule has 0 saturated carbocycles. The maximum atomic E-state index is 4.68. The minimum atomic E-state index is 0.597. The van der Waals surface area contributed by atoms with Crippen molar-refractivity contribution >= 4 is 5.82 Å². The third-order valence-electron chi connectivity index (χ3n) is 4.41. The molecule has 0 N–H and O–H groups in total. The average Bonchev–Trinajstić information content (AvgIpc) is 2.95. The van der Waals surface area contributed by atoms with Gasteiger partial charge in [0.2, 0.25) is 0 Å². The normalized spacial score (nSPS) is 19.4. The molecular formula is C17H29N3. The number of anilines is 1. The van der Waals surface area contributed by atoms with E-state index in [1.54, 1.807) is 0 Å². The molecule has 0 spiro atoms. The smallest absolute Gasteiger partial charge is 0.128 e. The molecule has 2 rings (SSSR count). The SMILES string of the molecule is CCCCN1CCC[C@H]1c1ccc(N(CC)CC)nc1. The molecule has 112 valence electrons. The van der Waals surface area contributed by atoms with E-state index in [-0.39, 0.29) is 0 Å². The Labute approximate surface area is 124 Å². The van der Waals surface area contributed by atoms with Crippen molar-refractivity contribution in [3.63, 3.8) is 0 Å².